The van der Waals surface area contributed by atoms with Gasteiger partial charge in [0.15, 0.2) is 0 Å². The lowest BCUT2D eigenvalue weighted by Gasteiger charge is -2.50. The molecule has 1 aliphatic carbocycles. The van der Waals surface area contributed by atoms with Crippen LogP contribution in [0.25, 0.3) is 0 Å². The van der Waals surface area contributed by atoms with E-state index < -0.39 is 0 Å². The summed E-state index contributed by atoms with van der Waals surface area (Å²) >= 11 is 0. The summed E-state index contributed by atoms with van der Waals surface area (Å²) in [5, 5.41) is 14.1. The topological polar surface area (TPSA) is 35.5 Å². The zero-order chi connectivity index (χ0) is 11.7. The molecule has 0 amide bonds. The summed E-state index contributed by atoms with van der Waals surface area (Å²) in [6.45, 7) is 4.63. The molecule has 0 aromatic carbocycles. The van der Waals surface area contributed by atoms with Crippen LogP contribution in [-0.4, -0.2) is 47.8 Å². The van der Waals surface area contributed by atoms with Crippen molar-refractivity contribution in [1.82, 2.24) is 10.2 Å². The maximum atomic E-state index is 10.7. The van der Waals surface area contributed by atoms with Crippen molar-refractivity contribution in [2.75, 3.05) is 26.2 Å². The second-order valence-electron chi connectivity index (χ2n) is 6.27. The Morgan fingerprint density at radius 1 is 1.06 bits per heavy atom. The molecule has 3 fully saturated rings. The average molecular weight is 238 g/mol. The maximum Gasteiger partial charge on any atom is 0.0700 e. The summed E-state index contributed by atoms with van der Waals surface area (Å²) in [4.78, 5) is 2.67. The van der Waals surface area contributed by atoms with Crippen molar-refractivity contribution in [3.63, 3.8) is 0 Å². The molecule has 2 N–H and O–H groups in total. The van der Waals surface area contributed by atoms with E-state index in [2.05, 4.69) is 10.2 Å². The Hall–Kier alpha value is -0.120. The first-order valence-electron chi connectivity index (χ1n) is 7.45. The predicted molar refractivity (Wildman–Crippen MR) is 69.0 cm³/mol. The minimum Gasteiger partial charge on any atom is -0.390 e. The van der Waals surface area contributed by atoms with Crippen LogP contribution in [0.4, 0.5) is 0 Å². The number of aliphatic hydroxyl groups is 1. The number of hydrogen-bond acceptors (Lipinski definition) is 3. The zero-order valence-corrected chi connectivity index (χ0v) is 10.8. The van der Waals surface area contributed by atoms with Gasteiger partial charge in [-0.3, -0.25) is 4.90 Å². The molecule has 2 aliphatic heterocycles. The van der Waals surface area contributed by atoms with E-state index in [4.69, 9.17) is 0 Å². The van der Waals surface area contributed by atoms with E-state index in [-0.39, 0.29) is 5.60 Å². The third-order valence-electron chi connectivity index (χ3n) is 5.28. The van der Waals surface area contributed by atoms with E-state index in [0.29, 0.717) is 5.92 Å². The van der Waals surface area contributed by atoms with Gasteiger partial charge in [0.25, 0.3) is 0 Å². The van der Waals surface area contributed by atoms with E-state index in [1.807, 2.05) is 0 Å². The molecule has 1 saturated carbocycles. The van der Waals surface area contributed by atoms with E-state index in [0.717, 1.165) is 32.0 Å². The molecule has 3 rings (SSSR count). The smallest absolute Gasteiger partial charge is 0.0700 e. The van der Waals surface area contributed by atoms with E-state index >= 15 is 0 Å². The van der Waals surface area contributed by atoms with E-state index in [1.165, 1.54) is 45.2 Å². The summed E-state index contributed by atoms with van der Waals surface area (Å²) in [5.41, 5.74) is -0.304. The molecule has 0 aromatic heterocycles. The molecule has 98 valence electrons. The van der Waals surface area contributed by atoms with Crippen molar-refractivity contribution in [1.29, 1.82) is 0 Å². The zero-order valence-electron chi connectivity index (χ0n) is 10.8. The first kappa shape index (κ1) is 11.9. The number of hydrogen-bond donors (Lipinski definition) is 2. The lowest BCUT2D eigenvalue weighted by atomic mass is 9.71. The Bertz CT molecular complexity index is 265. The highest BCUT2D eigenvalue weighted by Crippen LogP contribution is 2.40. The molecule has 0 bridgehead atoms. The fourth-order valence-electron chi connectivity index (χ4n) is 4.10. The van der Waals surface area contributed by atoms with Crippen LogP contribution in [0.15, 0.2) is 0 Å². The third kappa shape index (κ3) is 2.38. The Morgan fingerprint density at radius 2 is 1.88 bits per heavy atom. The number of nitrogens with one attached hydrogen (secondary N) is 1. The van der Waals surface area contributed by atoms with Gasteiger partial charge < -0.3 is 10.4 Å². The van der Waals surface area contributed by atoms with Crippen LogP contribution in [-0.2, 0) is 0 Å². The molecule has 2 saturated heterocycles. The van der Waals surface area contributed by atoms with Gasteiger partial charge in [0.2, 0.25) is 0 Å². The van der Waals surface area contributed by atoms with Crippen molar-refractivity contribution in [2.24, 2.45) is 5.92 Å². The summed E-state index contributed by atoms with van der Waals surface area (Å²) in [7, 11) is 0. The predicted octanol–water partition coefficient (Wildman–Crippen LogP) is 1.37. The molecule has 17 heavy (non-hydrogen) atoms. The van der Waals surface area contributed by atoms with Gasteiger partial charge in [-0.2, -0.15) is 0 Å². The second kappa shape index (κ2) is 4.87. The Kier molecular flexibility index (Phi) is 3.42. The lowest BCUT2D eigenvalue weighted by Crippen LogP contribution is -2.56. The van der Waals surface area contributed by atoms with Gasteiger partial charge in [0.1, 0.15) is 0 Å². The van der Waals surface area contributed by atoms with Gasteiger partial charge in [-0.05, 0) is 45.2 Å². The molecule has 0 radical (unpaired) electrons. The molecule has 0 aromatic rings. The first-order chi connectivity index (χ1) is 8.28. The average Bonchev–Trinajstić information content (AvgIpc) is 2.39. The maximum absolute atomic E-state index is 10.7. The highest BCUT2D eigenvalue weighted by molar-refractivity contribution is 4.97. The third-order valence-corrected chi connectivity index (χ3v) is 5.28. The number of fused-ring (bicyclic) bond motifs is 1. The van der Waals surface area contributed by atoms with Gasteiger partial charge in [-0.25, -0.2) is 0 Å². The van der Waals surface area contributed by atoms with Crippen LogP contribution in [0.2, 0.25) is 0 Å². The van der Waals surface area contributed by atoms with Crippen molar-refractivity contribution in [2.45, 2.75) is 56.6 Å². The van der Waals surface area contributed by atoms with Crippen molar-refractivity contribution in [3.05, 3.63) is 0 Å². The Balaban J connectivity index is 1.62. The molecule has 2 atom stereocenters. The van der Waals surface area contributed by atoms with Crippen molar-refractivity contribution in [3.8, 4) is 0 Å². The van der Waals surface area contributed by atoms with Crippen LogP contribution in [0.5, 0.6) is 0 Å². The number of piperidine rings is 2. The van der Waals surface area contributed by atoms with Gasteiger partial charge >= 0.3 is 0 Å². The highest BCUT2D eigenvalue weighted by Gasteiger charge is 2.43. The normalized spacial score (nSPS) is 41.1. The quantitative estimate of drug-likeness (QED) is 0.724. The molecule has 3 heteroatoms. The van der Waals surface area contributed by atoms with Crippen LogP contribution >= 0.6 is 0 Å². The van der Waals surface area contributed by atoms with Gasteiger partial charge in [-0.15, -0.1) is 0 Å². The highest BCUT2D eigenvalue weighted by atomic mass is 16.3. The van der Waals surface area contributed by atoms with Crippen LogP contribution in [0.1, 0.15) is 44.9 Å². The number of likely N-dealkylation sites (tertiary alicyclic amines) is 1. The van der Waals surface area contributed by atoms with Gasteiger partial charge in [0, 0.05) is 25.0 Å². The minimum atomic E-state index is -0.304. The number of rotatable bonds is 1. The summed E-state index contributed by atoms with van der Waals surface area (Å²) in [6.07, 6.45) is 8.47. The van der Waals surface area contributed by atoms with Gasteiger partial charge in [0.05, 0.1) is 5.60 Å². The molecular weight excluding hydrogens is 212 g/mol. The lowest BCUT2D eigenvalue weighted by molar-refractivity contribution is -0.104. The summed E-state index contributed by atoms with van der Waals surface area (Å²) in [5.74, 6) is 0.555. The van der Waals surface area contributed by atoms with Crippen molar-refractivity contribution < 1.29 is 5.11 Å². The molecule has 2 heterocycles. The minimum absolute atomic E-state index is 0.304. The fourth-order valence-corrected chi connectivity index (χ4v) is 4.10. The first-order valence-corrected chi connectivity index (χ1v) is 7.45. The number of nitrogens with zero attached hydrogens (tertiary/aromatic N) is 1. The molecular formula is C14H26N2O. The summed E-state index contributed by atoms with van der Waals surface area (Å²) in [6, 6.07) is 0.780. The summed E-state index contributed by atoms with van der Waals surface area (Å²) < 4.78 is 0. The standard InChI is InChI=1S/C14H26N2O/c17-14-6-2-1-3-12(14)11-16(10-7-14)13-4-8-15-9-5-13/h12-13,15,17H,1-11H2. The molecule has 3 aliphatic rings. The fraction of sp³-hybridized carbons (Fsp3) is 1.00. The van der Waals surface area contributed by atoms with Crippen LogP contribution < -0.4 is 5.32 Å². The largest absolute Gasteiger partial charge is 0.390 e. The molecule has 3 nitrogen and oxygen atoms in total. The molecule has 0 spiro atoms. The van der Waals surface area contributed by atoms with Gasteiger partial charge in [-0.1, -0.05) is 12.8 Å². The van der Waals surface area contributed by atoms with Crippen LogP contribution in [0, 0.1) is 5.92 Å². The van der Waals surface area contributed by atoms with Crippen LogP contribution in [0.3, 0.4) is 0 Å². The molecule has 2 unspecified atom stereocenters. The van der Waals surface area contributed by atoms with E-state index in [9.17, 15) is 5.11 Å². The Labute approximate surface area is 105 Å². The SMILES string of the molecule is OC12CCCCC1CN(C1CCNCC1)CC2. The van der Waals surface area contributed by atoms with Crippen molar-refractivity contribution >= 4 is 0 Å². The monoisotopic (exact) mass is 238 g/mol. The second-order valence-corrected chi connectivity index (χ2v) is 6.27. The Morgan fingerprint density at radius 3 is 2.71 bits per heavy atom. The van der Waals surface area contributed by atoms with E-state index in [1.54, 1.807) is 0 Å².